The third-order valence-electron chi connectivity index (χ3n) is 4.45. The normalized spacial score (nSPS) is 43.9. The Balaban J connectivity index is 1.97. The maximum absolute atomic E-state index is 12.0. The van der Waals surface area contributed by atoms with E-state index in [0.29, 0.717) is 18.1 Å². The summed E-state index contributed by atoms with van der Waals surface area (Å²) in [6, 6.07) is 0.733. The third kappa shape index (κ3) is 5.52. The molecule has 0 unspecified atom stereocenters. The van der Waals surface area contributed by atoms with Gasteiger partial charge in [-0.1, -0.05) is 23.7 Å². The molecule has 3 rings (SSSR count). The summed E-state index contributed by atoms with van der Waals surface area (Å²) >= 11 is 6.43. The Hall–Kier alpha value is -1.46. The fourth-order valence-corrected chi connectivity index (χ4v) is 3.10. The van der Waals surface area contributed by atoms with Crippen LogP contribution in [0.25, 0.3) is 0 Å². The maximum atomic E-state index is 12.0. The average Bonchev–Trinajstić information content (AvgIpc) is 2.84. The molecule has 1 saturated carbocycles. The van der Waals surface area contributed by atoms with Crippen molar-refractivity contribution in [1.82, 2.24) is 15.5 Å². The third-order valence-corrected chi connectivity index (χ3v) is 4.95. The monoisotopic (exact) mass is 404 g/mol. The first-order valence-corrected chi connectivity index (χ1v) is 9.17. The number of hydrogen-bond donors (Lipinski definition) is 2. The van der Waals surface area contributed by atoms with E-state index in [0.717, 1.165) is 18.3 Å². The molecule has 5 nitrogen and oxygen atoms in total. The SMILES string of the molecule is [2H]C1([2H])C([2H])([2H])[C@]([2H])(C([2H])([2H])CN2CCN(c3cccc(C)c3Cl)CC2)C([2H])([2H])C([2H])([2H])[C@@]1([2H])NC(=O)NC. The van der Waals surface area contributed by atoms with Crippen LogP contribution < -0.4 is 15.5 Å². The number of amides is 2. The van der Waals surface area contributed by atoms with E-state index in [9.17, 15) is 4.79 Å². The largest absolute Gasteiger partial charge is 0.368 e. The molecule has 2 N–H and O–H groups in total. The number of carbonyl (C=O) groups is 1. The van der Waals surface area contributed by atoms with Gasteiger partial charge in [0.2, 0.25) is 0 Å². The van der Waals surface area contributed by atoms with Crippen molar-refractivity contribution < 1.29 is 21.2 Å². The van der Waals surface area contributed by atoms with Gasteiger partial charge >= 0.3 is 6.03 Å². The van der Waals surface area contributed by atoms with Crippen LogP contribution >= 0.6 is 11.6 Å². The van der Waals surface area contributed by atoms with Crippen LogP contribution in [-0.2, 0) is 0 Å². The lowest BCUT2D eigenvalue weighted by molar-refractivity contribution is 0.206. The molecule has 0 atom stereocenters. The number of urea groups is 1. The van der Waals surface area contributed by atoms with Crippen molar-refractivity contribution in [1.29, 1.82) is 0 Å². The minimum absolute atomic E-state index is 0.228. The molecule has 150 valence electrons. The number of benzene rings is 1. The fraction of sp³-hybridized carbons (Fsp3) is 0.667. The highest BCUT2D eigenvalue weighted by Gasteiger charge is 2.24. The second kappa shape index (κ2) is 9.65. The number of anilines is 1. The molecule has 1 aliphatic heterocycles. The Bertz CT molecular complexity index is 1080. The van der Waals surface area contributed by atoms with Gasteiger partial charge in [0.05, 0.1) is 12.1 Å². The second-order valence-electron chi connectivity index (χ2n) is 6.30. The number of nitrogens with zero attached hydrogens (tertiary/aromatic N) is 2. The summed E-state index contributed by atoms with van der Waals surface area (Å²) in [5.41, 5.74) is 1.67. The van der Waals surface area contributed by atoms with E-state index in [1.807, 2.05) is 35.3 Å². The van der Waals surface area contributed by atoms with Gasteiger partial charge < -0.3 is 15.5 Å². The van der Waals surface area contributed by atoms with Crippen molar-refractivity contribution >= 4 is 23.3 Å². The molecule has 0 aromatic heterocycles. The second-order valence-corrected chi connectivity index (χ2v) is 6.68. The van der Waals surface area contributed by atoms with Crippen molar-refractivity contribution in [2.24, 2.45) is 5.89 Å². The summed E-state index contributed by atoms with van der Waals surface area (Å²) in [6.45, 7) is 2.39. The van der Waals surface area contributed by atoms with Crippen LogP contribution in [0.15, 0.2) is 18.2 Å². The van der Waals surface area contributed by atoms with E-state index in [4.69, 9.17) is 28.1 Å². The lowest BCUT2D eigenvalue weighted by Crippen LogP contribution is -2.47. The van der Waals surface area contributed by atoms with E-state index >= 15 is 0 Å². The summed E-state index contributed by atoms with van der Waals surface area (Å²) in [7, 11) is 1.09. The van der Waals surface area contributed by atoms with Gasteiger partial charge in [0.25, 0.3) is 0 Å². The summed E-state index contributed by atoms with van der Waals surface area (Å²) in [5, 5.41) is 4.27. The molecule has 1 heterocycles. The van der Waals surface area contributed by atoms with E-state index in [1.165, 1.54) is 0 Å². The molecule has 6 heteroatoms. The Morgan fingerprint density at radius 3 is 2.67 bits per heavy atom. The van der Waals surface area contributed by atoms with Crippen molar-refractivity contribution in [3.8, 4) is 0 Å². The van der Waals surface area contributed by atoms with Gasteiger partial charge in [-0.2, -0.15) is 0 Å². The highest BCUT2D eigenvalue weighted by molar-refractivity contribution is 6.34. The molecule has 27 heavy (non-hydrogen) atoms. The molecule has 1 aliphatic carbocycles. The fourth-order valence-electron chi connectivity index (χ4n) is 2.85. The lowest BCUT2D eigenvalue weighted by Gasteiger charge is -2.37. The van der Waals surface area contributed by atoms with Crippen LogP contribution in [0.4, 0.5) is 10.5 Å². The van der Waals surface area contributed by atoms with Crippen molar-refractivity contribution in [3.63, 3.8) is 0 Å². The van der Waals surface area contributed by atoms with E-state index in [-0.39, 0.29) is 13.1 Å². The number of piperazine rings is 1. The van der Waals surface area contributed by atoms with Crippen molar-refractivity contribution in [2.45, 2.75) is 44.8 Å². The smallest absolute Gasteiger partial charge is 0.314 e. The summed E-state index contributed by atoms with van der Waals surface area (Å²) < 4.78 is 103. The minimum Gasteiger partial charge on any atom is -0.368 e. The van der Waals surface area contributed by atoms with Gasteiger partial charge in [0.15, 0.2) is 0 Å². The van der Waals surface area contributed by atoms with Gasteiger partial charge in [-0.15, -0.1) is 0 Å². The molecule has 1 saturated heterocycles. The van der Waals surface area contributed by atoms with Gasteiger partial charge in [-0.05, 0) is 62.9 Å². The topological polar surface area (TPSA) is 47.6 Å². The maximum Gasteiger partial charge on any atom is 0.314 e. The van der Waals surface area contributed by atoms with E-state index in [1.54, 1.807) is 10.2 Å². The van der Waals surface area contributed by atoms with Crippen LogP contribution in [-0.4, -0.2) is 56.7 Å². The highest BCUT2D eigenvalue weighted by Crippen LogP contribution is 2.30. The average molecular weight is 405 g/mol. The van der Waals surface area contributed by atoms with Gasteiger partial charge in [-0.3, -0.25) is 4.90 Å². The van der Waals surface area contributed by atoms with Gasteiger partial charge in [0, 0.05) is 54.3 Å². The zero-order valence-corrected chi connectivity index (χ0v) is 16.2. The Kier molecular flexibility index (Phi) is 3.52. The zero-order valence-electron chi connectivity index (χ0n) is 27.4. The quantitative estimate of drug-likeness (QED) is 0.787. The summed E-state index contributed by atoms with van der Waals surface area (Å²) in [4.78, 5) is 15.5. The molecular weight excluding hydrogens is 360 g/mol. The summed E-state index contributed by atoms with van der Waals surface area (Å²) in [5.74, 6) is -3.69. The Labute approximate surface area is 185 Å². The zero-order chi connectivity index (χ0) is 30.0. The highest BCUT2D eigenvalue weighted by atomic mass is 35.5. The molecule has 1 aromatic rings. The Morgan fingerprint density at radius 2 is 2.00 bits per heavy atom. The number of aryl methyl sites for hydroxylation is 1. The van der Waals surface area contributed by atoms with Gasteiger partial charge in [0.1, 0.15) is 0 Å². The molecule has 0 spiro atoms. The molecule has 0 radical (unpaired) electrons. The molecular formula is C21H33ClN4O. The number of nitrogens with one attached hydrogen (secondary N) is 2. The molecule has 2 amide bonds. The molecule has 2 aliphatic rings. The summed E-state index contributed by atoms with van der Waals surface area (Å²) in [6.07, 6.45) is -18.2. The number of halogens is 1. The van der Waals surface area contributed by atoms with Crippen molar-refractivity contribution in [3.05, 3.63) is 28.8 Å². The van der Waals surface area contributed by atoms with Crippen LogP contribution in [0.2, 0.25) is 5.02 Å². The molecule has 2 fully saturated rings. The van der Waals surface area contributed by atoms with Crippen LogP contribution in [0.3, 0.4) is 0 Å². The molecule has 0 bridgehead atoms. The number of carbonyl (C=O) groups excluding carboxylic acids is 1. The van der Waals surface area contributed by atoms with Crippen LogP contribution in [0.5, 0.6) is 0 Å². The first-order valence-electron chi connectivity index (χ1n) is 14.8. The van der Waals surface area contributed by atoms with E-state index in [2.05, 4.69) is 0 Å². The van der Waals surface area contributed by atoms with Gasteiger partial charge in [-0.25, -0.2) is 4.79 Å². The standard InChI is InChI=1S/C21H33ClN4O/c1-16-4-3-5-19(20(16)22)26-14-12-25(13-15-26)11-10-17-6-8-18(9-7-17)24-21(27)23-2/h3-5,17-18H,6-15H2,1-2H3,(H2,23,24,27)/t17-,18-/i6D2,7D2,8D2,9D2,10D2,17D,18D. The Morgan fingerprint density at radius 1 is 1.30 bits per heavy atom. The van der Waals surface area contributed by atoms with Crippen LogP contribution in [0, 0.1) is 12.8 Å². The lowest BCUT2D eigenvalue weighted by atomic mass is 9.84. The number of rotatable bonds is 5. The predicted octanol–water partition coefficient (Wildman–Crippen LogP) is 3.65. The van der Waals surface area contributed by atoms with E-state index < -0.39 is 56.4 Å². The van der Waals surface area contributed by atoms with Crippen molar-refractivity contribution in [2.75, 3.05) is 44.7 Å². The number of hydrogen-bond acceptors (Lipinski definition) is 3. The minimum atomic E-state index is -3.79. The first kappa shape index (κ1) is 9.84. The predicted molar refractivity (Wildman–Crippen MR) is 113 cm³/mol. The first-order chi connectivity index (χ1) is 17.6. The molecule has 1 aromatic carbocycles. The van der Waals surface area contributed by atoms with Crippen LogP contribution in [0.1, 0.15) is 53.9 Å².